The standard InChI is InChI=1S/C15H17N3O2S/c1-16(2)11-7-5-10(6-8-11)9-12-13(19)17(3)15(21)18(4)14(12)20/h5-9H,1-4H3. The number of rotatable bonds is 2. The molecule has 2 rings (SSSR count). The van der Waals surface area contributed by atoms with E-state index in [1.807, 2.05) is 43.3 Å². The van der Waals surface area contributed by atoms with E-state index in [-0.39, 0.29) is 22.5 Å². The lowest BCUT2D eigenvalue weighted by Crippen LogP contribution is -2.52. The number of hydrogen-bond acceptors (Lipinski definition) is 4. The molecule has 0 saturated carbocycles. The van der Waals surface area contributed by atoms with Crippen molar-refractivity contribution in [2.24, 2.45) is 0 Å². The Kier molecular flexibility index (Phi) is 4.09. The first-order chi connectivity index (χ1) is 9.82. The number of carbonyl (C=O) groups excluding carboxylic acids is 2. The molecular weight excluding hydrogens is 286 g/mol. The molecule has 0 aliphatic carbocycles. The van der Waals surface area contributed by atoms with Gasteiger partial charge in [0.25, 0.3) is 11.8 Å². The zero-order chi connectivity index (χ0) is 15.7. The van der Waals surface area contributed by atoms with Gasteiger partial charge in [-0.05, 0) is 36.0 Å². The molecule has 1 aliphatic rings. The van der Waals surface area contributed by atoms with Gasteiger partial charge in [0.2, 0.25) is 0 Å². The summed E-state index contributed by atoms with van der Waals surface area (Å²) in [5.74, 6) is -0.750. The predicted molar refractivity (Wildman–Crippen MR) is 86.9 cm³/mol. The molecular formula is C15H17N3O2S. The summed E-state index contributed by atoms with van der Waals surface area (Å²) in [7, 11) is 7.03. The van der Waals surface area contributed by atoms with Crippen LogP contribution in [0.3, 0.4) is 0 Å². The van der Waals surface area contributed by atoms with Gasteiger partial charge in [-0.25, -0.2) is 0 Å². The summed E-state index contributed by atoms with van der Waals surface area (Å²) in [6.45, 7) is 0. The van der Waals surface area contributed by atoms with Crippen molar-refractivity contribution in [3.8, 4) is 0 Å². The van der Waals surface area contributed by atoms with Gasteiger partial charge < -0.3 is 4.90 Å². The minimum atomic E-state index is -0.375. The number of thiocarbonyl (C=S) groups is 1. The van der Waals surface area contributed by atoms with Gasteiger partial charge in [-0.15, -0.1) is 0 Å². The number of likely N-dealkylation sites (N-methyl/N-ethyl adjacent to an activating group) is 2. The van der Waals surface area contributed by atoms with Crippen molar-refractivity contribution in [3.63, 3.8) is 0 Å². The summed E-state index contributed by atoms with van der Waals surface area (Å²) >= 11 is 5.05. The van der Waals surface area contributed by atoms with Crippen LogP contribution in [0.2, 0.25) is 0 Å². The molecule has 21 heavy (non-hydrogen) atoms. The van der Waals surface area contributed by atoms with E-state index in [1.54, 1.807) is 20.2 Å². The average Bonchev–Trinajstić information content (AvgIpc) is 2.48. The second-order valence-corrected chi connectivity index (χ2v) is 5.42. The lowest BCUT2D eigenvalue weighted by atomic mass is 10.1. The van der Waals surface area contributed by atoms with Gasteiger partial charge in [0.15, 0.2) is 5.11 Å². The van der Waals surface area contributed by atoms with Crippen molar-refractivity contribution in [1.29, 1.82) is 0 Å². The Balaban J connectivity index is 2.37. The van der Waals surface area contributed by atoms with E-state index in [0.717, 1.165) is 11.3 Å². The normalized spacial score (nSPS) is 15.6. The first-order valence-corrected chi connectivity index (χ1v) is 6.83. The molecule has 0 radical (unpaired) electrons. The average molecular weight is 303 g/mol. The first-order valence-electron chi connectivity index (χ1n) is 6.42. The van der Waals surface area contributed by atoms with Crippen LogP contribution in [0.15, 0.2) is 29.8 Å². The number of nitrogens with zero attached hydrogens (tertiary/aromatic N) is 3. The van der Waals surface area contributed by atoms with Crippen LogP contribution in [0.4, 0.5) is 5.69 Å². The SMILES string of the molecule is CN1C(=O)C(=Cc2ccc(N(C)C)cc2)C(=O)N(C)C1=S. The topological polar surface area (TPSA) is 43.9 Å². The molecule has 6 heteroatoms. The van der Waals surface area contributed by atoms with E-state index in [1.165, 1.54) is 9.80 Å². The maximum absolute atomic E-state index is 12.2. The summed E-state index contributed by atoms with van der Waals surface area (Å²) in [4.78, 5) is 29.0. The zero-order valence-electron chi connectivity index (χ0n) is 12.5. The van der Waals surface area contributed by atoms with Crippen LogP contribution >= 0.6 is 12.2 Å². The van der Waals surface area contributed by atoms with Crippen LogP contribution in [0.1, 0.15) is 5.56 Å². The number of hydrogen-bond donors (Lipinski definition) is 0. The third kappa shape index (κ3) is 2.80. The van der Waals surface area contributed by atoms with E-state index >= 15 is 0 Å². The van der Waals surface area contributed by atoms with Crippen molar-refractivity contribution >= 4 is 40.9 Å². The Morgan fingerprint density at radius 3 is 1.90 bits per heavy atom. The highest BCUT2D eigenvalue weighted by Gasteiger charge is 2.35. The maximum Gasteiger partial charge on any atom is 0.265 e. The summed E-state index contributed by atoms with van der Waals surface area (Å²) in [5.41, 5.74) is 1.96. The van der Waals surface area contributed by atoms with E-state index in [9.17, 15) is 9.59 Å². The van der Waals surface area contributed by atoms with E-state index < -0.39 is 0 Å². The largest absolute Gasteiger partial charge is 0.378 e. The number of benzene rings is 1. The quantitative estimate of drug-likeness (QED) is 0.470. The smallest absolute Gasteiger partial charge is 0.265 e. The van der Waals surface area contributed by atoms with E-state index in [2.05, 4.69) is 0 Å². The molecule has 1 fully saturated rings. The van der Waals surface area contributed by atoms with E-state index in [4.69, 9.17) is 12.2 Å². The van der Waals surface area contributed by atoms with Gasteiger partial charge in [-0.2, -0.15) is 0 Å². The number of carbonyl (C=O) groups is 2. The Labute approximate surface area is 129 Å². The van der Waals surface area contributed by atoms with Gasteiger partial charge >= 0.3 is 0 Å². The van der Waals surface area contributed by atoms with Crippen LogP contribution < -0.4 is 4.90 Å². The molecule has 1 aliphatic heterocycles. The van der Waals surface area contributed by atoms with Gasteiger partial charge in [-0.1, -0.05) is 12.1 Å². The van der Waals surface area contributed by atoms with Gasteiger partial charge in [0, 0.05) is 33.9 Å². The van der Waals surface area contributed by atoms with Crippen molar-refractivity contribution in [2.45, 2.75) is 0 Å². The van der Waals surface area contributed by atoms with Crippen LogP contribution in [0.25, 0.3) is 6.08 Å². The monoisotopic (exact) mass is 303 g/mol. The second-order valence-electron chi connectivity index (χ2n) is 5.05. The van der Waals surface area contributed by atoms with Gasteiger partial charge in [0.1, 0.15) is 5.57 Å². The maximum atomic E-state index is 12.2. The number of amides is 2. The molecule has 5 nitrogen and oxygen atoms in total. The molecule has 1 aromatic carbocycles. The lowest BCUT2D eigenvalue weighted by molar-refractivity contribution is -0.132. The Morgan fingerprint density at radius 2 is 1.48 bits per heavy atom. The van der Waals surface area contributed by atoms with Crippen molar-refractivity contribution < 1.29 is 9.59 Å². The summed E-state index contributed by atoms with van der Waals surface area (Å²) < 4.78 is 0. The molecule has 0 bridgehead atoms. The molecule has 0 aromatic heterocycles. The third-order valence-corrected chi connectivity index (χ3v) is 3.91. The highest BCUT2D eigenvalue weighted by molar-refractivity contribution is 7.80. The summed E-state index contributed by atoms with van der Waals surface area (Å²) in [5, 5.41) is 0.213. The highest BCUT2D eigenvalue weighted by Crippen LogP contribution is 2.19. The predicted octanol–water partition coefficient (Wildman–Crippen LogP) is 1.35. The Morgan fingerprint density at radius 1 is 1.00 bits per heavy atom. The fourth-order valence-corrected chi connectivity index (χ4v) is 2.18. The van der Waals surface area contributed by atoms with Crippen LogP contribution in [0, 0.1) is 0 Å². The summed E-state index contributed by atoms with van der Waals surface area (Å²) in [6, 6.07) is 7.61. The van der Waals surface area contributed by atoms with Crippen molar-refractivity contribution in [1.82, 2.24) is 9.80 Å². The summed E-state index contributed by atoms with van der Waals surface area (Å²) in [6.07, 6.45) is 1.60. The van der Waals surface area contributed by atoms with Gasteiger partial charge in [-0.3, -0.25) is 19.4 Å². The van der Waals surface area contributed by atoms with Crippen molar-refractivity contribution in [3.05, 3.63) is 35.4 Å². The zero-order valence-corrected chi connectivity index (χ0v) is 13.3. The minimum absolute atomic E-state index is 0.117. The third-order valence-electron chi connectivity index (χ3n) is 3.36. The van der Waals surface area contributed by atoms with Crippen molar-refractivity contribution in [2.75, 3.05) is 33.1 Å². The fraction of sp³-hybridized carbons (Fsp3) is 0.267. The lowest BCUT2D eigenvalue weighted by Gasteiger charge is -2.31. The first kappa shape index (κ1) is 15.2. The Bertz CT molecular complexity index is 609. The molecule has 2 amide bonds. The molecule has 0 atom stereocenters. The molecule has 0 spiro atoms. The van der Waals surface area contributed by atoms with E-state index in [0.29, 0.717) is 0 Å². The molecule has 1 aromatic rings. The van der Waals surface area contributed by atoms with Gasteiger partial charge in [0.05, 0.1) is 0 Å². The van der Waals surface area contributed by atoms with Crippen LogP contribution in [0.5, 0.6) is 0 Å². The fourth-order valence-electron chi connectivity index (χ4n) is 2.01. The molecule has 110 valence electrons. The molecule has 0 N–H and O–H groups in total. The number of anilines is 1. The molecule has 1 saturated heterocycles. The minimum Gasteiger partial charge on any atom is -0.378 e. The highest BCUT2D eigenvalue weighted by atomic mass is 32.1. The Hall–Kier alpha value is -2.21. The second kappa shape index (κ2) is 5.65. The molecule has 0 unspecified atom stereocenters. The van der Waals surface area contributed by atoms with Crippen LogP contribution in [-0.4, -0.2) is 54.9 Å². The van der Waals surface area contributed by atoms with Crippen LogP contribution in [-0.2, 0) is 9.59 Å². The molecule has 1 heterocycles.